The lowest BCUT2D eigenvalue weighted by atomic mass is 10.0. The molecule has 0 spiro atoms. The number of carbonyl (C=O) groups excluding carboxylic acids is 1. The molecule has 0 aliphatic rings. The quantitative estimate of drug-likeness (QED) is 0.130. The van der Waals surface area contributed by atoms with Gasteiger partial charge in [0.1, 0.15) is 17.1 Å². The molecule has 8 heteroatoms. The van der Waals surface area contributed by atoms with Crippen LogP contribution in [0.3, 0.4) is 0 Å². The van der Waals surface area contributed by atoms with Gasteiger partial charge in [-0.1, -0.05) is 60.7 Å². The maximum Gasteiger partial charge on any atom is 0.345 e. The van der Waals surface area contributed by atoms with Gasteiger partial charge in [-0.25, -0.2) is 26.7 Å². The van der Waals surface area contributed by atoms with Gasteiger partial charge >= 0.3 is 5.97 Å². The summed E-state index contributed by atoms with van der Waals surface area (Å²) >= 11 is 0. The van der Waals surface area contributed by atoms with E-state index >= 15 is 0 Å². The van der Waals surface area contributed by atoms with Gasteiger partial charge in [-0.2, -0.15) is 0 Å². The van der Waals surface area contributed by atoms with E-state index in [9.17, 15) is 26.7 Å². The van der Waals surface area contributed by atoms with Crippen molar-refractivity contribution < 1.29 is 36.2 Å². The van der Waals surface area contributed by atoms with Crippen LogP contribution in [0.4, 0.5) is 22.0 Å². The largest absolute Gasteiger partial charge is 0.457 e. The molecule has 0 saturated heterocycles. The second kappa shape index (κ2) is 9.74. The summed E-state index contributed by atoms with van der Waals surface area (Å²) in [4.78, 5) is 12.6. The fourth-order valence-electron chi connectivity index (χ4n) is 3.24. The summed E-state index contributed by atoms with van der Waals surface area (Å²) in [6.45, 7) is 0. The van der Waals surface area contributed by atoms with Crippen LogP contribution in [0.15, 0.2) is 84.9 Å². The third kappa shape index (κ3) is 4.61. The first-order valence-corrected chi connectivity index (χ1v) is 9.97. The topological polar surface area (TPSA) is 35.5 Å². The molecule has 0 heterocycles. The van der Waals surface area contributed by atoms with Crippen LogP contribution in [0.25, 0.3) is 0 Å². The Morgan fingerprint density at radius 1 is 0.559 bits per heavy atom. The van der Waals surface area contributed by atoms with E-state index in [-0.39, 0.29) is 0 Å². The molecule has 172 valence electrons. The van der Waals surface area contributed by atoms with Crippen LogP contribution in [0, 0.1) is 29.1 Å². The summed E-state index contributed by atoms with van der Waals surface area (Å²) in [5.41, 5.74) is -0.873. The summed E-state index contributed by atoms with van der Waals surface area (Å²) in [7, 11) is 0. The van der Waals surface area contributed by atoms with E-state index in [1.165, 1.54) is 0 Å². The van der Waals surface area contributed by atoms with E-state index in [0.717, 1.165) is 0 Å². The summed E-state index contributed by atoms with van der Waals surface area (Å²) in [5.74, 6) is -12.0. The van der Waals surface area contributed by atoms with Gasteiger partial charge in [0.05, 0.1) is 0 Å². The zero-order valence-corrected chi connectivity index (χ0v) is 17.3. The van der Waals surface area contributed by atoms with Crippen LogP contribution in [0.1, 0.15) is 27.6 Å². The lowest BCUT2D eigenvalue weighted by Crippen LogP contribution is -2.18. The average Bonchev–Trinajstić information content (AvgIpc) is 2.87. The number of hydrogen-bond donors (Lipinski definition) is 0. The van der Waals surface area contributed by atoms with Crippen LogP contribution in [0.5, 0.6) is 11.5 Å². The van der Waals surface area contributed by atoms with Gasteiger partial charge in [0, 0.05) is 0 Å². The third-order valence-electron chi connectivity index (χ3n) is 4.90. The summed E-state index contributed by atoms with van der Waals surface area (Å²) in [6.07, 6.45) is -1.20. The van der Waals surface area contributed by atoms with Crippen molar-refractivity contribution in [2.45, 2.75) is 6.10 Å². The third-order valence-corrected chi connectivity index (χ3v) is 4.90. The predicted octanol–water partition coefficient (Wildman–Crippen LogP) is 7.12. The van der Waals surface area contributed by atoms with Crippen molar-refractivity contribution in [2.24, 2.45) is 0 Å². The Hall–Kier alpha value is -4.20. The first-order valence-electron chi connectivity index (χ1n) is 9.97. The summed E-state index contributed by atoms with van der Waals surface area (Å²) in [5, 5.41) is 0. The zero-order chi connectivity index (χ0) is 24.2. The molecule has 1 atom stereocenters. The second-order valence-electron chi connectivity index (χ2n) is 7.13. The van der Waals surface area contributed by atoms with Gasteiger partial charge in [0.2, 0.25) is 5.82 Å². The van der Waals surface area contributed by atoms with Crippen LogP contribution in [-0.2, 0) is 4.74 Å². The van der Waals surface area contributed by atoms with Crippen LogP contribution < -0.4 is 4.74 Å². The van der Waals surface area contributed by atoms with E-state index < -0.39 is 46.7 Å². The Bertz CT molecular complexity index is 1280. The lowest BCUT2D eigenvalue weighted by molar-refractivity contribution is 0.0363. The van der Waals surface area contributed by atoms with Crippen molar-refractivity contribution in [2.75, 3.05) is 0 Å². The number of ether oxygens (including phenoxy) is 2. The lowest BCUT2D eigenvalue weighted by Gasteiger charge is -2.20. The number of carbonyl (C=O) groups is 1. The Kier molecular flexibility index (Phi) is 6.58. The van der Waals surface area contributed by atoms with E-state index in [2.05, 4.69) is 0 Å². The number of benzene rings is 4. The molecule has 4 aromatic carbocycles. The molecule has 0 aromatic heterocycles. The Labute approximate surface area is 191 Å². The summed E-state index contributed by atoms with van der Waals surface area (Å²) in [6, 6.07) is 23.4. The van der Waals surface area contributed by atoms with E-state index in [1.54, 1.807) is 78.9 Å². The second-order valence-corrected chi connectivity index (χ2v) is 7.13. The number of esters is 1. The van der Waals surface area contributed by atoms with E-state index in [0.29, 0.717) is 22.6 Å². The molecule has 0 saturated carbocycles. The Balaban J connectivity index is 1.67. The molecule has 4 rings (SSSR count). The van der Waals surface area contributed by atoms with Gasteiger partial charge in [-0.15, -0.1) is 0 Å². The Morgan fingerprint density at radius 2 is 1.00 bits per heavy atom. The first-order chi connectivity index (χ1) is 16.4. The number of halogens is 5. The molecule has 0 bridgehead atoms. The molecule has 1 unspecified atom stereocenters. The minimum atomic E-state index is -2.36. The molecular formula is C26H15F5O3. The van der Waals surface area contributed by atoms with Crippen molar-refractivity contribution in [1.29, 1.82) is 0 Å². The van der Waals surface area contributed by atoms with Gasteiger partial charge in [-0.3, -0.25) is 0 Å². The van der Waals surface area contributed by atoms with E-state index in [1.807, 2.05) is 6.07 Å². The van der Waals surface area contributed by atoms with Gasteiger partial charge < -0.3 is 9.47 Å². The van der Waals surface area contributed by atoms with Gasteiger partial charge in [-0.05, 0) is 35.4 Å². The number of rotatable bonds is 6. The monoisotopic (exact) mass is 470 g/mol. The number of hydrogen-bond acceptors (Lipinski definition) is 3. The molecule has 0 radical (unpaired) electrons. The minimum Gasteiger partial charge on any atom is -0.457 e. The highest BCUT2D eigenvalue weighted by Gasteiger charge is 2.32. The molecule has 3 nitrogen and oxygen atoms in total. The first kappa shape index (κ1) is 23.0. The molecule has 0 N–H and O–H groups in total. The normalized spacial score (nSPS) is 11.7. The predicted molar refractivity (Wildman–Crippen MR) is 113 cm³/mol. The fraction of sp³-hybridized carbons (Fsp3) is 0.0385. The molecule has 0 fully saturated rings. The molecular weight excluding hydrogens is 455 g/mol. The molecule has 4 aromatic rings. The minimum absolute atomic E-state index is 0.379. The molecule has 0 amide bonds. The Morgan fingerprint density at radius 3 is 1.56 bits per heavy atom. The van der Waals surface area contributed by atoms with Gasteiger partial charge in [0.15, 0.2) is 29.4 Å². The van der Waals surface area contributed by atoms with Crippen molar-refractivity contribution in [1.82, 2.24) is 0 Å². The van der Waals surface area contributed by atoms with E-state index in [4.69, 9.17) is 9.47 Å². The maximum absolute atomic E-state index is 14.1. The number of para-hydroxylation sites is 1. The maximum atomic E-state index is 14.1. The van der Waals surface area contributed by atoms with Gasteiger partial charge in [0.25, 0.3) is 0 Å². The van der Waals surface area contributed by atoms with Crippen molar-refractivity contribution in [3.8, 4) is 11.5 Å². The highest BCUT2D eigenvalue weighted by Crippen LogP contribution is 2.31. The highest BCUT2D eigenvalue weighted by atomic mass is 19.2. The van der Waals surface area contributed by atoms with Crippen LogP contribution in [-0.4, -0.2) is 5.97 Å². The van der Waals surface area contributed by atoms with Crippen LogP contribution >= 0.6 is 0 Å². The molecule has 34 heavy (non-hydrogen) atoms. The van der Waals surface area contributed by atoms with Crippen molar-refractivity contribution >= 4 is 5.97 Å². The van der Waals surface area contributed by atoms with Crippen molar-refractivity contribution in [3.63, 3.8) is 0 Å². The summed E-state index contributed by atoms with van der Waals surface area (Å²) < 4.78 is 79.8. The standard InChI is InChI=1S/C26H15F5O3/c27-20-19(21(28)23(30)24(31)22(20)29)26(32)34-25(15-7-3-1-4-8-15)16-11-13-18(14-12-16)33-17-9-5-2-6-10-17/h1-14,25H. The molecule has 0 aliphatic carbocycles. The smallest absolute Gasteiger partial charge is 0.345 e. The van der Waals surface area contributed by atoms with Crippen LogP contribution in [0.2, 0.25) is 0 Å². The fourth-order valence-corrected chi connectivity index (χ4v) is 3.24. The SMILES string of the molecule is O=C(OC(c1ccccc1)c1ccc(Oc2ccccc2)cc1)c1c(F)c(F)c(F)c(F)c1F. The molecule has 0 aliphatic heterocycles. The average molecular weight is 470 g/mol. The highest BCUT2D eigenvalue weighted by molar-refractivity contribution is 5.90. The zero-order valence-electron chi connectivity index (χ0n) is 17.3. The van der Waals surface area contributed by atoms with Crippen molar-refractivity contribution in [3.05, 3.63) is 131 Å².